The molecule has 0 atom stereocenters. The zero-order chi connectivity index (χ0) is 17.9. The zero-order valence-corrected chi connectivity index (χ0v) is 16.1. The fourth-order valence-electron chi connectivity index (χ4n) is 4.18. The van der Waals surface area contributed by atoms with E-state index >= 15 is 0 Å². The second-order valence-electron chi connectivity index (χ2n) is 7.37. The number of thioether (sulfide) groups is 1. The predicted molar refractivity (Wildman–Crippen MR) is 105 cm³/mol. The summed E-state index contributed by atoms with van der Waals surface area (Å²) in [7, 11) is 0. The Balaban J connectivity index is 1.37. The van der Waals surface area contributed by atoms with Gasteiger partial charge in [0.25, 0.3) is 0 Å². The first-order chi connectivity index (χ1) is 12.7. The summed E-state index contributed by atoms with van der Waals surface area (Å²) < 4.78 is 2.24. The van der Waals surface area contributed by atoms with Gasteiger partial charge in [0.05, 0.1) is 5.75 Å². The van der Waals surface area contributed by atoms with Gasteiger partial charge in [0.1, 0.15) is 5.82 Å². The molecular formula is C20H26N4OS. The maximum absolute atomic E-state index is 12.4. The van der Waals surface area contributed by atoms with Crippen LogP contribution in [0.3, 0.4) is 0 Å². The molecular weight excluding hydrogens is 344 g/mol. The molecule has 2 aliphatic rings. The predicted octanol–water partition coefficient (Wildman–Crippen LogP) is 4.31. The highest BCUT2D eigenvalue weighted by atomic mass is 32.2. The highest BCUT2D eigenvalue weighted by Crippen LogP contribution is 2.32. The molecule has 0 radical (unpaired) electrons. The summed E-state index contributed by atoms with van der Waals surface area (Å²) in [6.07, 6.45) is 9.74. The van der Waals surface area contributed by atoms with Crippen LogP contribution >= 0.6 is 11.8 Å². The molecule has 1 N–H and O–H groups in total. The number of amides is 1. The molecule has 0 saturated heterocycles. The monoisotopic (exact) mass is 370 g/mol. The van der Waals surface area contributed by atoms with Gasteiger partial charge in [0.2, 0.25) is 5.91 Å². The highest BCUT2D eigenvalue weighted by molar-refractivity contribution is 7.99. The van der Waals surface area contributed by atoms with Gasteiger partial charge in [-0.2, -0.15) is 0 Å². The minimum absolute atomic E-state index is 0.0174. The highest BCUT2D eigenvalue weighted by Gasteiger charge is 2.22. The molecule has 26 heavy (non-hydrogen) atoms. The van der Waals surface area contributed by atoms with Crippen LogP contribution in [0, 0.1) is 6.92 Å². The lowest BCUT2D eigenvalue weighted by Crippen LogP contribution is -2.17. The van der Waals surface area contributed by atoms with Crippen molar-refractivity contribution in [1.82, 2.24) is 14.8 Å². The number of hydrogen-bond donors (Lipinski definition) is 1. The van der Waals surface area contributed by atoms with Crippen molar-refractivity contribution in [2.24, 2.45) is 0 Å². The Morgan fingerprint density at radius 1 is 1.15 bits per heavy atom. The van der Waals surface area contributed by atoms with E-state index in [0.717, 1.165) is 29.5 Å². The largest absolute Gasteiger partial charge is 0.325 e. The molecule has 0 unspecified atom stereocenters. The fourth-order valence-corrected chi connectivity index (χ4v) is 5.04. The first-order valence-corrected chi connectivity index (χ1v) is 10.7. The Hall–Kier alpha value is -1.82. The van der Waals surface area contributed by atoms with Crippen molar-refractivity contribution in [2.45, 2.75) is 69.5 Å². The van der Waals surface area contributed by atoms with Crippen molar-refractivity contribution in [3.05, 3.63) is 35.2 Å². The molecule has 1 amide bonds. The molecule has 1 aromatic carbocycles. The number of hydrogen-bond acceptors (Lipinski definition) is 4. The molecule has 2 aliphatic carbocycles. The third-order valence-electron chi connectivity index (χ3n) is 5.49. The number of fused-ring (bicyclic) bond motifs is 1. The van der Waals surface area contributed by atoms with E-state index < -0.39 is 0 Å². The molecule has 1 saturated carbocycles. The standard InChI is InChI=1S/C20H26N4OS/c1-14-22-23-20(24(14)18-8-3-2-4-9-18)26-13-19(25)21-17-11-10-15-6-5-7-16(15)12-17/h10-12,18H,2-9,13H2,1H3,(H,21,25). The molecule has 5 nitrogen and oxygen atoms in total. The zero-order valence-electron chi connectivity index (χ0n) is 15.3. The third-order valence-corrected chi connectivity index (χ3v) is 6.43. The first kappa shape index (κ1) is 17.6. The van der Waals surface area contributed by atoms with Crippen LogP contribution < -0.4 is 5.32 Å². The van der Waals surface area contributed by atoms with Gasteiger partial charge in [0.15, 0.2) is 5.16 Å². The summed E-state index contributed by atoms with van der Waals surface area (Å²) in [6.45, 7) is 2.01. The lowest BCUT2D eigenvalue weighted by atomic mass is 9.95. The van der Waals surface area contributed by atoms with E-state index in [0.29, 0.717) is 11.8 Å². The molecule has 138 valence electrons. The van der Waals surface area contributed by atoms with Gasteiger partial charge in [-0.1, -0.05) is 37.1 Å². The van der Waals surface area contributed by atoms with E-state index in [1.54, 1.807) is 0 Å². The maximum atomic E-state index is 12.4. The van der Waals surface area contributed by atoms with E-state index in [4.69, 9.17) is 0 Å². The van der Waals surface area contributed by atoms with Gasteiger partial charge < -0.3 is 9.88 Å². The van der Waals surface area contributed by atoms with Crippen molar-refractivity contribution >= 4 is 23.4 Å². The number of benzene rings is 1. The molecule has 6 heteroatoms. The van der Waals surface area contributed by atoms with Crippen LogP contribution in [0.25, 0.3) is 0 Å². The number of aryl methyl sites for hydroxylation is 3. The van der Waals surface area contributed by atoms with Crippen molar-refractivity contribution in [1.29, 1.82) is 0 Å². The third kappa shape index (κ3) is 3.80. The lowest BCUT2D eigenvalue weighted by Gasteiger charge is -2.24. The topological polar surface area (TPSA) is 59.8 Å². The van der Waals surface area contributed by atoms with E-state index in [9.17, 15) is 4.79 Å². The SMILES string of the molecule is Cc1nnc(SCC(=O)Nc2ccc3c(c2)CCC3)n1C1CCCCC1. The van der Waals surface area contributed by atoms with Crippen LogP contribution in [-0.2, 0) is 17.6 Å². The number of carbonyl (C=O) groups excluding carboxylic acids is 1. The maximum Gasteiger partial charge on any atom is 0.234 e. The number of aromatic nitrogens is 3. The van der Waals surface area contributed by atoms with Gasteiger partial charge in [0, 0.05) is 11.7 Å². The van der Waals surface area contributed by atoms with Gasteiger partial charge >= 0.3 is 0 Å². The quantitative estimate of drug-likeness (QED) is 0.797. The van der Waals surface area contributed by atoms with E-state index in [1.165, 1.54) is 61.4 Å². The van der Waals surface area contributed by atoms with E-state index in [1.807, 2.05) is 13.0 Å². The van der Waals surface area contributed by atoms with Crippen LogP contribution in [0.4, 0.5) is 5.69 Å². The molecule has 1 fully saturated rings. The van der Waals surface area contributed by atoms with Crippen molar-refractivity contribution in [3.8, 4) is 0 Å². The Morgan fingerprint density at radius 3 is 2.81 bits per heavy atom. The first-order valence-electron chi connectivity index (χ1n) is 9.66. The number of rotatable bonds is 5. The van der Waals surface area contributed by atoms with Crippen LogP contribution in [-0.4, -0.2) is 26.4 Å². The van der Waals surface area contributed by atoms with Crippen LogP contribution in [0.15, 0.2) is 23.4 Å². The van der Waals surface area contributed by atoms with Gasteiger partial charge in [-0.25, -0.2) is 0 Å². The molecule has 0 spiro atoms. The summed E-state index contributed by atoms with van der Waals surface area (Å²) in [5.74, 6) is 1.34. The Labute approximate surface area is 159 Å². The van der Waals surface area contributed by atoms with Crippen LogP contribution in [0.2, 0.25) is 0 Å². The van der Waals surface area contributed by atoms with Gasteiger partial charge in [-0.15, -0.1) is 10.2 Å². The molecule has 0 bridgehead atoms. The minimum Gasteiger partial charge on any atom is -0.325 e. The smallest absolute Gasteiger partial charge is 0.234 e. The van der Waals surface area contributed by atoms with Gasteiger partial charge in [-0.3, -0.25) is 4.79 Å². The fraction of sp³-hybridized carbons (Fsp3) is 0.550. The Kier molecular flexibility index (Phi) is 5.29. The Bertz CT molecular complexity index is 795. The van der Waals surface area contributed by atoms with Crippen molar-refractivity contribution < 1.29 is 4.79 Å². The number of nitrogens with zero attached hydrogens (tertiary/aromatic N) is 3. The summed E-state index contributed by atoms with van der Waals surface area (Å²) >= 11 is 1.49. The average Bonchev–Trinajstić information content (AvgIpc) is 3.26. The molecule has 4 rings (SSSR count). The summed E-state index contributed by atoms with van der Waals surface area (Å²) in [6, 6.07) is 6.77. The Morgan fingerprint density at radius 2 is 1.96 bits per heavy atom. The summed E-state index contributed by atoms with van der Waals surface area (Å²) in [5, 5.41) is 12.5. The normalized spacial score (nSPS) is 17.3. The van der Waals surface area contributed by atoms with Crippen molar-refractivity contribution in [3.63, 3.8) is 0 Å². The molecule has 1 aromatic heterocycles. The number of anilines is 1. The molecule has 1 heterocycles. The minimum atomic E-state index is 0.0174. The van der Waals surface area contributed by atoms with Crippen molar-refractivity contribution in [2.75, 3.05) is 11.1 Å². The average molecular weight is 371 g/mol. The second kappa shape index (κ2) is 7.82. The summed E-state index contributed by atoms with van der Waals surface area (Å²) in [5.41, 5.74) is 3.71. The second-order valence-corrected chi connectivity index (χ2v) is 8.31. The van der Waals surface area contributed by atoms with Crippen LogP contribution in [0.5, 0.6) is 0 Å². The van der Waals surface area contributed by atoms with Gasteiger partial charge in [-0.05, 0) is 62.3 Å². The molecule has 0 aliphatic heterocycles. The molecule has 2 aromatic rings. The summed E-state index contributed by atoms with van der Waals surface area (Å²) in [4.78, 5) is 12.4. The van der Waals surface area contributed by atoms with E-state index in [-0.39, 0.29) is 5.91 Å². The van der Waals surface area contributed by atoms with Crippen LogP contribution in [0.1, 0.15) is 61.5 Å². The van der Waals surface area contributed by atoms with E-state index in [2.05, 4.69) is 32.2 Å². The number of nitrogens with one attached hydrogen (secondary N) is 1. The number of carbonyl (C=O) groups is 1. The lowest BCUT2D eigenvalue weighted by molar-refractivity contribution is -0.113.